The highest BCUT2D eigenvalue weighted by Gasteiger charge is 2.35. The Labute approximate surface area is 152 Å². The second kappa shape index (κ2) is 7.73. The number of carbonyl (C=O) groups excluding carboxylic acids is 1. The standard InChI is InChI=1S/C17H24Cl2N2OS/c1-20(16(22)11-12-10-15(18)23-17(12)19)13-6-2-3-7-14(13)21-8-4-5-9-21/h10,13-14H,2-9,11H2,1H3/t13?,14-/m1/s1. The van der Waals surface area contributed by atoms with Crippen LogP contribution in [0.2, 0.25) is 8.67 Å². The van der Waals surface area contributed by atoms with E-state index in [1.54, 1.807) is 0 Å². The lowest BCUT2D eigenvalue weighted by atomic mass is 9.88. The number of likely N-dealkylation sites (tertiary alicyclic amines) is 1. The number of halogens is 2. The highest BCUT2D eigenvalue weighted by molar-refractivity contribution is 7.20. The molecule has 2 fully saturated rings. The van der Waals surface area contributed by atoms with Gasteiger partial charge in [0.05, 0.1) is 15.1 Å². The Balaban J connectivity index is 1.67. The summed E-state index contributed by atoms with van der Waals surface area (Å²) in [6.07, 6.45) is 7.77. The van der Waals surface area contributed by atoms with Gasteiger partial charge in [-0.2, -0.15) is 0 Å². The van der Waals surface area contributed by atoms with Crippen LogP contribution < -0.4 is 0 Å². The second-order valence-electron chi connectivity index (χ2n) is 6.69. The van der Waals surface area contributed by atoms with Crippen molar-refractivity contribution < 1.29 is 4.79 Å². The Hall–Kier alpha value is -0.290. The van der Waals surface area contributed by atoms with E-state index in [0.29, 0.717) is 27.2 Å². The van der Waals surface area contributed by atoms with Crippen molar-refractivity contribution in [1.29, 1.82) is 0 Å². The van der Waals surface area contributed by atoms with E-state index in [-0.39, 0.29) is 5.91 Å². The molecule has 1 aliphatic carbocycles. The summed E-state index contributed by atoms with van der Waals surface area (Å²) in [6.45, 7) is 2.38. The normalized spacial score (nSPS) is 25.7. The van der Waals surface area contributed by atoms with E-state index >= 15 is 0 Å². The Bertz CT molecular complexity index is 557. The fraction of sp³-hybridized carbons (Fsp3) is 0.706. The summed E-state index contributed by atoms with van der Waals surface area (Å²) >= 11 is 13.5. The Kier molecular flexibility index (Phi) is 5.89. The quantitative estimate of drug-likeness (QED) is 0.776. The minimum Gasteiger partial charge on any atom is -0.341 e. The SMILES string of the molecule is CN(C(=O)Cc1cc(Cl)sc1Cl)C1CCCC[C@H]1N1CCCC1. The Morgan fingerprint density at radius 2 is 1.96 bits per heavy atom. The van der Waals surface area contributed by atoms with Gasteiger partial charge < -0.3 is 4.90 Å². The molecule has 1 unspecified atom stereocenters. The third kappa shape index (κ3) is 4.04. The Morgan fingerprint density at radius 1 is 1.26 bits per heavy atom. The van der Waals surface area contributed by atoms with Gasteiger partial charge in [0.1, 0.15) is 0 Å². The van der Waals surface area contributed by atoms with Crippen LogP contribution in [0.1, 0.15) is 44.1 Å². The molecular weight excluding hydrogens is 351 g/mol. The number of amides is 1. The number of nitrogens with zero attached hydrogens (tertiary/aromatic N) is 2. The molecule has 1 aromatic heterocycles. The smallest absolute Gasteiger partial charge is 0.227 e. The summed E-state index contributed by atoms with van der Waals surface area (Å²) in [4.78, 5) is 17.3. The number of thiophene rings is 1. The first-order valence-electron chi connectivity index (χ1n) is 8.49. The van der Waals surface area contributed by atoms with Crippen molar-refractivity contribution >= 4 is 40.4 Å². The third-order valence-electron chi connectivity index (χ3n) is 5.26. The summed E-state index contributed by atoms with van der Waals surface area (Å²) < 4.78 is 1.28. The van der Waals surface area contributed by atoms with Gasteiger partial charge in [-0.1, -0.05) is 36.0 Å². The molecule has 3 nitrogen and oxygen atoms in total. The van der Waals surface area contributed by atoms with Crippen LogP contribution in [0.15, 0.2) is 6.07 Å². The molecule has 3 rings (SSSR count). The molecule has 128 valence electrons. The predicted octanol–water partition coefficient (Wildman–Crippen LogP) is 4.46. The second-order valence-corrected chi connectivity index (χ2v) is 8.98. The monoisotopic (exact) mass is 374 g/mol. The van der Waals surface area contributed by atoms with Crippen LogP contribution in [0.5, 0.6) is 0 Å². The molecule has 23 heavy (non-hydrogen) atoms. The number of rotatable bonds is 4. The topological polar surface area (TPSA) is 23.6 Å². The van der Waals surface area contributed by atoms with Crippen LogP contribution in [0.25, 0.3) is 0 Å². The highest BCUT2D eigenvalue weighted by Crippen LogP contribution is 2.33. The predicted molar refractivity (Wildman–Crippen MR) is 97.7 cm³/mol. The van der Waals surface area contributed by atoms with Crippen LogP contribution in [-0.4, -0.2) is 47.9 Å². The van der Waals surface area contributed by atoms with E-state index in [4.69, 9.17) is 23.2 Å². The van der Waals surface area contributed by atoms with Gasteiger partial charge in [-0.3, -0.25) is 9.69 Å². The molecule has 1 aliphatic heterocycles. The zero-order valence-electron chi connectivity index (χ0n) is 13.6. The maximum Gasteiger partial charge on any atom is 0.227 e. The lowest BCUT2D eigenvalue weighted by molar-refractivity contribution is -0.133. The van der Waals surface area contributed by atoms with Gasteiger partial charge in [0.25, 0.3) is 0 Å². The molecule has 2 heterocycles. The lowest BCUT2D eigenvalue weighted by Gasteiger charge is -2.42. The third-order valence-corrected chi connectivity index (χ3v) is 6.83. The molecule has 1 saturated heterocycles. The highest BCUT2D eigenvalue weighted by atomic mass is 35.5. The Morgan fingerprint density at radius 3 is 2.61 bits per heavy atom. The van der Waals surface area contributed by atoms with Crippen molar-refractivity contribution in [1.82, 2.24) is 9.80 Å². The molecule has 6 heteroatoms. The van der Waals surface area contributed by atoms with Crippen LogP contribution in [0.3, 0.4) is 0 Å². The lowest BCUT2D eigenvalue weighted by Crippen LogP contribution is -2.53. The van der Waals surface area contributed by atoms with Crippen LogP contribution in [0, 0.1) is 0 Å². The fourth-order valence-corrected chi connectivity index (χ4v) is 5.50. The molecule has 0 bridgehead atoms. The summed E-state index contributed by atoms with van der Waals surface area (Å²) in [5.74, 6) is 0.150. The molecule has 2 aliphatic rings. The van der Waals surface area contributed by atoms with Crippen LogP contribution in [0.4, 0.5) is 0 Å². The molecule has 0 radical (unpaired) electrons. The average Bonchev–Trinajstić information content (AvgIpc) is 3.17. The van der Waals surface area contributed by atoms with Gasteiger partial charge in [-0.25, -0.2) is 0 Å². The average molecular weight is 375 g/mol. The van der Waals surface area contributed by atoms with E-state index in [9.17, 15) is 4.79 Å². The van der Waals surface area contributed by atoms with Gasteiger partial charge in [0.2, 0.25) is 5.91 Å². The maximum absolute atomic E-state index is 12.7. The van der Waals surface area contributed by atoms with Crippen LogP contribution in [-0.2, 0) is 11.2 Å². The molecule has 1 saturated carbocycles. The maximum atomic E-state index is 12.7. The van der Waals surface area contributed by atoms with Crippen molar-refractivity contribution in [3.8, 4) is 0 Å². The molecule has 1 aromatic rings. The first-order valence-corrected chi connectivity index (χ1v) is 10.1. The summed E-state index contributed by atoms with van der Waals surface area (Å²) in [5.41, 5.74) is 0.854. The van der Waals surface area contributed by atoms with E-state index in [1.807, 2.05) is 18.0 Å². The van der Waals surface area contributed by atoms with Crippen molar-refractivity contribution in [2.75, 3.05) is 20.1 Å². The summed E-state index contributed by atoms with van der Waals surface area (Å²) in [6, 6.07) is 2.68. The molecule has 2 atom stereocenters. The number of likely N-dealkylation sites (N-methyl/N-ethyl adjacent to an activating group) is 1. The minimum atomic E-state index is 0.150. The van der Waals surface area contributed by atoms with Gasteiger partial charge in [-0.15, -0.1) is 11.3 Å². The number of hydrogen-bond acceptors (Lipinski definition) is 3. The first kappa shape index (κ1) is 17.5. The molecule has 0 N–H and O–H groups in total. The summed E-state index contributed by atoms with van der Waals surface area (Å²) in [5, 5.41) is 0. The largest absolute Gasteiger partial charge is 0.341 e. The van der Waals surface area contributed by atoms with E-state index in [1.165, 1.54) is 56.5 Å². The van der Waals surface area contributed by atoms with E-state index < -0.39 is 0 Å². The zero-order chi connectivity index (χ0) is 16.4. The number of hydrogen-bond donors (Lipinski definition) is 0. The molecule has 0 spiro atoms. The van der Waals surface area contributed by atoms with Gasteiger partial charge in [-0.05, 0) is 50.4 Å². The van der Waals surface area contributed by atoms with Crippen molar-refractivity contribution in [3.63, 3.8) is 0 Å². The van der Waals surface area contributed by atoms with Gasteiger partial charge in [0, 0.05) is 19.1 Å². The van der Waals surface area contributed by atoms with Crippen molar-refractivity contribution in [2.24, 2.45) is 0 Å². The van der Waals surface area contributed by atoms with Crippen molar-refractivity contribution in [2.45, 2.75) is 57.0 Å². The van der Waals surface area contributed by atoms with Gasteiger partial charge in [0.15, 0.2) is 0 Å². The van der Waals surface area contributed by atoms with E-state index in [2.05, 4.69) is 4.90 Å². The molecular formula is C17H24Cl2N2OS. The number of carbonyl (C=O) groups is 1. The zero-order valence-corrected chi connectivity index (χ0v) is 15.9. The van der Waals surface area contributed by atoms with E-state index in [0.717, 1.165) is 12.0 Å². The molecule has 1 amide bonds. The fourth-order valence-electron chi connectivity index (χ4n) is 4.01. The molecule has 0 aromatic carbocycles. The van der Waals surface area contributed by atoms with Crippen molar-refractivity contribution in [3.05, 3.63) is 20.3 Å². The minimum absolute atomic E-state index is 0.150. The van der Waals surface area contributed by atoms with Crippen LogP contribution >= 0.6 is 34.5 Å². The summed E-state index contributed by atoms with van der Waals surface area (Å²) in [7, 11) is 1.96. The van der Waals surface area contributed by atoms with Gasteiger partial charge >= 0.3 is 0 Å². The first-order chi connectivity index (χ1) is 11.1.